The van der Waals surface area contributed by atoms with Crippen LogP contribution in [0.1, 0.15) is 37.6 Å². The lowest BCUT2D eigenvalue weighted by atomic mass is 9.85. The number of hydrogen-bond donors (Lipinski definition) is 1. The molecule has 2 aromatic rings. The van der Waals surface area contributed by atoms with Crippen molar-refractivity contribution < 1.29 is 9.47 Å². The number of thiophene rings is 1. The highest BCUT2D eigenvalue weighted by atomic mass is 32.1. The first-order valence-electron chi connectivity index (χ1n) is 7.51. The molecule has 0 amide bonds. The maximum Gasteiger partial charge on any atom is 0.162 e. The average molecular weight is 305 g/mol. The van der Waals surface area contributed by atoms with E-state index in [0.29, 0.717) is 0 Å². The molecule has 3 rings (SSSR count). The largest absolute Gasteiger partial charge is 0.490 e. The number of rotatable bonds is 2. The van der Waals surface area contributed by atoms with Crippen LogP contribution in [-0.4, -0.2) is 20.3 Å². The zero-order chi connectivity index (χ0) is 15.0. The fourth-order valence-corrected chi connectivity index (χ4v) is 4.35. The smallest absolute Gasteiger partial charge is 0.162 e. The fourth-order valence-electron chi connectivity index (χ4n) is 2.91. The molecule has 21 heavy (non-hydrogen) atoms. The first-order chi connectivity index (χ1) is 10.0. The summed E-state index contributed by atoms with van der Waals surface area (Å²) < 4.78 is 13.0. The second kappa shape index (κ2) is 5.50. The van der Waals surface area contributed by atoms with E-state index in [1.807, 2.05) is 18.4 Å². The maximum atomic E-state index is 5.86. The third-order valence-corrected chi connectivity index (χ3v) is 4.87. The van der Waals surface area contributed by atoms with Crippen LogP contribution in [0.5, 0.6) is 11.5 Å². The fraction of sp³-hybridized carbons (Fsp3) is 0.529. The van der Waals surface area contributed by atoms with E-state index in [2.05, 4.69) is 38.2 Å². The third kappa shape index (κ3) is 2.74. The van der Waals surface area contributed by atoms with Gasteiger partial charge < -0.3 is 14.8 Å². The van der Waals surface area contributed by atoms with Crippen LogP contribution >= 0.6 is 11.3 Å². The summed E-state index contributed by atoms with van der Waals surface area (Å²) in [6.45, 7) is 9.19. The average Bonchev–Trinajstić information content (AvgIpc) is 2.60. The van der Waals surface area contributed by atoms with Crippen LogP contribution in [0.3, 0.4) is 0 Å². The van der Waals surface area contributed by atoms with Gasteiger partial charge in [-0.15, -0.1) is 11.3 Å². The summed E-state index contributed by atoms with van der Waals surface area (Å²) in [5.41, 5.74) is 1.54. The first kappa shape index (κ1) is 14.7. The molecule has 4 heteroatoms. The Balaban J connectivity index is 2.22. The molecule has 0 saturated carbocycles. The van der Waals surface area contributed by atoms with Gasteiger partial charge in [0, 0.05) is 34.0 Å². The van der Waals surface area contributed by atoms with Gasteiger partial charge in [0.25, 0.3) is 0 Å². The van der Waals surface area contributed by atoms with E-state index in [1.165, 1.54) is 20.5 Å². The third-order valence-electron chi connectivity index (χ3n) is 3.72. The Hall–Kier alpha value is -1.26. The lowest BCUT2D eigenvalue weighted by Gasteiger charge is -2.21. The Kier molecular flexibility index (Phi) is 3.84. The van der Waals surface area contributed by atoms with Crippen molar-refractivity contribution in [2.75, 3.05) is 20.3 Å². The lowest BCUT2D eigenvalue weighted by molar-refractivity contribution is 0.297. The molecule has 0 unspecified atom stereocenters. The van der Waals surface area contributed by atoms with E-state index in [-0.39, 0.29) is 5.41 Å². The summed E-state index contributed by atoms with van der Waals surface area (Å²) in [5, 5.41) is 4.59. The van der Waals surface area contributed by atoms with Crippen molar-refractivity contribution in [2.45, 2.75) is 39.2 Å². The Morgan fingerprint density at radius 1 is 1.14 bits per heavy atom. The monoisotopic (exact) mass is 305 g/mol. The summed E-state index contributed by atoms with van der Waals surface area (Å²) in [7, 11) is 2.00. The van der Waals surface area contributed by atoms with Crippen LogP contribution in [0.25, 0.3) is 10.1 Å². The van der Waals surface area contributed by atoms with Crippen LogP contribution in [0, 0.1) is 0 Å². The van der Waals surface area contributed by atoms with E-state index < -0.39 is 0 Å². The molecule has 0 bridgehead atoms. The molecule has 0 spiro atoms. The number of fused-ring (bicyclic) bond motifs is 2. The quantitative estimate of drug-likeness (QED) is 0.907. The van der Waals surface area contributed by atoms with Crippen molar-refractivity contribution in [1.82, 2.24) is 5.32 Å². The number of benzene rings is 1. The molecular formula is C17H23NO2S. The highest BCUT2D eigenvalue weighted by Crippen LogP contribution is 2.44. The van der Waals surface area contributed by atoms with Crippen molar-refractivity contribution in [1.29, 1.82) is 0 Å². The van der Waals surface area contributed by atoms with Gasteiger partial charge in [0.2, 0.25) is 0 Å². The molecule has 0 saturated heterocycles. The van der Waals surface area contributed by atoms with Crippen molar-refractivity contribution in [3.63, 3.8) is 0 Å². The maximum absolute atomic E-state index is 5.86. The number of ether oxygens (including phenoxy) is 2. The Morgan fingerprint density at radius 2 is 1.81 bits per heavy atom. The van der Waals surface area contributed by atoms with Crippen molar-refractivity contribution in [3.05, 3.63) is 22.6 Å². The topological polar surface area (TPSA) is 30.5 Å². The van der Waals surface area contributed by atoms with E-state index in [0.717, 1.165) is 37.7 Å². The van der Waals surface area contributed by atoms with Crippen molar-refractivity contribution in [2.24, 2.45) is 0 Å². The zero-order valence-electron chi connectivity index (χ0n) is 13.2. The highest BCUT2D eigenvalue weighted by molar-refractivity contribution is 7.19. The predicted octanol–water partition coefficient (Wildman–Crippen LogP) is 4.08. The van der Waals surface area contributed by atoms with Gasteiger partial charge in [-0.2, -0.15) is 0 Å². The van der Waals surface area contributed by atoms with Crippen LogP contribution in [-0.2, 0) is 12.0 Å². The van der Waals surface area contributed by atoms with Gasteiger partial charge in [0.15, 0.2) is 11.5 Å². The number of hydrogen-bond acceptors (Lipinski definition) is 4. The number of nitrogens with one attached hydrogen (secondary N) is 1. The summed E-state index contributed by atoms with van der Waals surface area (Å²) in [6.07, 6.45) is 0.944. The second-order valence-electron chi connectivity index (χ2n) is 6.53. The SMILES string of the molecule is CNCc1sc2cc3c(cc2c1C(C)(C)C)OCCCO3. The zero-order valence-corrected chi connectivity index (χ0v) is 14.0. The summed E-state index contributed by atoms with van der Waals surface area (Å²) in [4.78, 5) is 1.40. The molecule has 1 aliphatic heterocycles. The normalized spacial score (nSPS) is 15.2. The van der Waals surface area contributed by atoms with Crippen LogP contribution in [0.2, 0.25) is 0 Å². The van der Waals surface area contributed by atoms with E-state index in [1.54, 1.807) is 0 Å². The van der Waals surface area contributed by atoms with Crippen molar-refractivity contribution in [3.8, 4) is 11.5 Å². The Labute approximate surface area is 130 Å². The van der Waals surface area contributed by atoms with Gasteiger partial charge in [-0.1, -0.05) is 20.8 Å². The van der Waals surface area contributed by atoms with Crippen LogP contribution in [0.15, 0.2) is 12.1 Å². The van der Waals surface area contributed by atoms with E-state index in [4.69, 9.17) is 9.47 Å². The Bertz CT molecular complexity index is 655. The van der Waals surface area contributed by atoms with Gasteiger partial charge >= 0.3 is 0 Å². The summed E-state index contributed by atoms with van der Waals surface area (Å²) in [5.74, 6) is 1.78. The van der Waals surface area contributed by atoms with E-state index >= 15 is 0 Å². The minimum atomic E-state index is 0.115. The van der Waals surface area contributed by atoms with Gasteiger partial charge in [-0.3, -0.25) is 0 Å². The van der Waals surface area contributed by atoms with E-state index in [9.17, 15) is 0 Å². The lowest BCUT2D eigenvalue weighted by Crippen LogP contribution is -2.15. The molecule has 1 N–H and O–H groups in total. The van der Waals surface area contributed by atoms with Gasteiger partial charge in [-0.05, 0) is 24.1 Å². The summed E-state index contributed by atoms with van der Waals surface area (Å²) in [6, 6.07) is 4.32. The molecule has 1 aromatic carbocycles. The minimum absolute atomic E-state index is 0.115. The first-order valence-corrected chi connectivity index (χ1v) is 8.32. The molecule has 114 valence electrons. The van der Waals surface area contributed by atoms with Crippen LogP contribution in [0.4, 0.5) is 0 Å². The molecular weight excluding hydrogens is 282 g/mol. The van der Waals surface area contributed by atoms with Crippen molar-refractivity contribution >= 4 is 21.4 Å². The second-order valence-corrected chi connectivity index (χ2v) is 7.66. The molecule has 0 aliphatic carbocycles. The highest BCUT2D eigenvalue weighted by Gasteiger charge is 2.25. The van der Waals surface area contributed by atoms with Gasteiger partial charge in [0.1, 0.15) is 0 Å². The summed E-state index contributed by atoms with van der Waals surface area (Å²) >= 11 is 1.86. The van der Waals surface area contributed by atoms with Gasteiger partial charge in [-0.25, -0.2) is 0 Å². The van der Waals surface area contributed by atoms with Crippen LogP contribution < -0.4 is 14.8 Å². The molecule has 3 nitrogen and oxygen atoms in total. The molecule has 0 atom stereocenters. The predicted molar refractivity (Wildman–Crippen MR) is 88.9 cm³/mol. The standard InChI is InChI=1S/C17H23NO2S/c1-17(2,3)16-11-8-12-13(20-7-5-6-19-12)9-14(11)21-15(16)10-18-4/h8-9,18H,5-7,10H2,1-4H3. The molecule has 0 radical (unpaired) electrons. The Morgan fingerprint density at radius 3 is 2.43 bits per heavy atom. The molecule has 2 heterocycles. The molecule has 1 aromatic heterocycles. The van der Waals surface area contributed by atoms with Gasteiger partial charge in [0.05, 0.1) is 13.2 Å². The molecule has 0 fully saturated rings. The minimum Gasteiger partial charge on any atom is -0.490 e. The molecule has 1 aliphatic rings.